The third kappa shape index (κ3) is 2.69. The summed E-state index contributed by atoms with van der Waals surface area (Å²) >= 11 is 0. The molecule has 1 saturated heterocycles. The minimum atomic E-state index is -0.239. The molecule has 0 aromatic heterocycles. The number of piperazine rings is 1. The molecule has 0 aliphatic carbocycles. The molecule has 1 heterocycles. The SMILES string of the molecule is C[C@H]1CN(C(=O)C(C)(C)C)CCN1. The molecular weight excluding hydrogens is 164 g/mol. The van der Waals surface area contributed by atoms with Crippen molar-refractivity contribution in [2.45, 2.75) is 33.7 Å². The van der Waals surface area contributed by atoms with Gasteiger partial charge in [-0.15, -0.1) is 0 Å². The van der Waals surface area contributed by atoms with Crippen molar-refractivity contribution in [2.24, 2.45) is 5.41 Å². The van der Waals surface area contributed by atoms with Crippen LogP contribution in [0.2, 0.25) is 0 Å². The number of hydrogen-bond acceptors (Lipinski definition) is 2. The molecule has 1 fully saturated rings. The zero-order valence-electron chi connectivity index (χ0n) is 9.05. The topological polar surface area (TPSA) is 32.3 Å². The van der Waals surface area contributed by atoms with E-state index < -0.39 is 0 Å². The molecule has 0 spiro atoms. The molecule has 76 valence electrons. The van der Waals surface area contributed by atoms with E-state index in [0.717, 1.165) is 19.6 Å². The molecule has 0 aromatic rings. The van der Waals surface area contributed by atoms with E-state index in [2.05, 4.69) is 12.2 Å². The highest BCUT2D eigenvalue weighted by molar-refractivity contribution is 5.81. The van der Waals surface area contributed by atoms with Crippen molar-refractivity contribution >= 4 is 5.91 Å². The second kappa shape index (κ2) is 3.66. The number of rotatable bonds is 0. The molecule has 13 heavy (non-hydrogen) atoms. The molecule has 1 aliphatic rings. The molecule has 1 rings (SSSR count). The van der Waals surface area contributed by atoms with Gasteiger partial charge < -0.3 is 10.2 Å². The van der Waals surface area contributed by atoms with E-state index in [4.69, 9.17) is 0 Å². The van der Waals surface area contributed by atoms with Gasteiger partial charge in [-0.05, 0) is 6.92 Å². The van der Waals surface area contributed by atoms with Crippen LogP contribution in [0, 0.1) is 5.41 Å². The molecule has 1 N–H and O–H groups in total. The lowest BCUT2D eigenvalue weighted by molar-refractivity contribution is -0.140. The quantitative estimate of drug-likeness (QED) is 0.605. The van der Waals surface area contributed by atoms with Crippen LogP contribution in [-0.4, -0.2) is 36.5 Å². The summed E-state index contributed by atoms with van der Waals surface area (Å²) in [4.78, 5) is 13.8. The van der Waals surface area contributed by atoms with Crippen LogP contribution >= 0.6 is 0 Å². The van der Waals surface area contributed by atoms with E-state index in [1.807, 2.05) is 25.7 Å². The highest BCUT2D eigenvalue weighted by atomic mass is 16.2. The maximum atomic E-state index is 11.9. The van der Waals surface area contributed by atoms with Gasteiger partial charge in [-0.3, -0.25) is 4.79 Å². The van der Waals surface area contributed by atoms with Crippen molar-refractivity contribution in [3.05, 3.63) is 0 Å². The first-order valence-corrected chi connectivity index (χ1v) is 4.94. The van der Waals surface area contributed by atoms with Crippen molar-refractivity contribution in [1.29, 1.82) is 0 Å². The second-order valence-corrected chi connectivity index (χ2v) is 4.86. The Hall–Kier alpha value is -0.570. The maximum absolute atomic E-state index is 11.9. The molecule has 1 aliphatic heterocycles. The van der Waals surface area contributed by atoms with E-state index >= 15 is 0 Å². The van der Waals surface area contributed by atoms with Crippen molar-refractivity contribution in [3.8, 4) is 0 Å². The molecule has 3 heteroatoms. The summed E-state index contributed by atoms with van der Waals surface area (Å²) in [5.41, 5.74) is -0.239. The molecule has 3 nitrogen and oxygen atoms in total. The van der Waals surface area contributed by atoms with Crippen LogP contribution in [0.15, 0.2) is 0 Å². The van der Waals surface area contributed by atoms with Crippen molar-refractivity contribution in [3.63, 3.8) is 0 Å². The van der Waals surface area contributed by atoms with Crippen LogP contribution in [0.5, 0.6) is 0 Å². The average Bonchev–Trinajstić information content (AvgIpc) is 2.01. The van der Waals surface area contributed by atoms with Gasteiger partial charge in [-0.2, -0.15) is 0 Å². The molecule has 0 saturated carbocycles. The Morgan fingerprint density at radius 3 is 2.54 bits per heavy atom. The predicted molar refractivity (Wildman–Crippen MR) is 53.5 cm³/mol. The number of carbonyl (C=O) groups excluding carboxylic acids is 1. The predicted octanol–water partition coefficient (Wildman–Crippen LogP) is 0.853. The Morgan fingerprint density at radius 2 is 2.08 bits per heavy atom. The Balaban J connectivity index is 2.56. The number of nitrogens with one attached hydrogen (secondary N) is 1. The van der Waals surface area contributed by atoms with Gasteiger partial charge in [0.2, 0.25) is 5.91 Å². The molecule has 0 unspecified atom stereocenters. The zero-order valence-corrected chi connectivity index (χ0v) is 9.05. The molecule has 1 atom stereocenters. The fraction of sp³-hybridized carbons (Fsp3) is 0.900. The van der Waals surface area contributed by atoms with E-state index in [9.17, 15) is 4.79 Å². The van der Waals surface area contributed by atoms with Gasteiger partial charge in [0.15, 0.2) is 0 Å². The summed E-state index contributed by atoms with van der Waals surface area (Å²) in [7, 11) is 0. The van der Waals surface area contributed by atoms with Gasteiger partial charge in [0, 0.05) is 31.1 Å². The van der Waals surface area contributed by atoms with E-state index in [0.29, 0.717) is 6.04 Å². The summed E-state index contributed by atoms with van der Waals surface area (Å²) in [6.07, 6.45) is 0. The minimum absolute atomic E-state index is 0.239. The number of amides is 1. The number of carbonyl (C=O) groups is 1. The normalized spacial score (nSPS) is 24.6. The molecule has 1 amide bonds. The summed E-state index contributed by atoms with van der Waals surface area (Å²) < 4.78 is 0. The molecule has 0 aromatic carbocycles. The van der Waals surface area contributed by atoms with E-state index in [-0.39, 0.29) is 11.3 Å². The van der Waals surface area contributed by atoms with Gasteiger partial charge in [0.05, 0.1) is 0 Å². The second-order valence-electron chi connectivity index (χ2n) is 4.86. The highest BCUT2D eigenvalue weighted by Gasteiger charge is 2.29. The largest absolute Gasteiger partial charge is 0.339 e. The lowest BCUT2D eigenvalue weighted by Gasteiger charge is -2.35. The van der Waals surface area contributed by atoms with Crippen molar-refractivity contribution in [1.82, 2.24) is 10.2 Å². The van der Waals surface area contributed by atoms with Crippen LogP contribution in [-0.2, 0) is 4.79 Å². The standard InChI is InChI=1S/C10H20N2O/c1-8-7-12(6-5-11-8)9(13)10(2,3)4/h8,11H,5-7H2,1-4H3/t8-/m0/s1. The molecular formula is C10H20N2O. The number of nitrogens with zero attached hydrogens (tertiary/aromatic N) is 1. The molecule has 0 radical (unpaired) electrons. The zero-order chi connectivity index (χ0) is 10.1. The average molecular weight is 184 g/mol. The van der Waals surface area contributed by atoms with Crippen molar-refractivity contribution in [2.75, 3.05) is 19.6 Å². The van der Waals surface area contributed by atoms with Gasteiger partial charge in [0.1, 0.15) is 0 Å². The van der Waals surface area contributed by atoms with Crippen LogP contribution in [0.4, 0.5) is 0 Å². The van der Waals surface area contributed by atoms with Gasteiger partial charge in [-0.1, -0.05) is 20.8 Å². The summed E-state index contributed by atoms with van der Waals surface area (Å²) in [5.74, 6) is 0.265. The van der Waals surface area contributed by atoms with Crippen molar-refractivity contribution < 1.29 is 4.79 Å². The third-order valence-corrected chi connectivity index (χ3v) is 2.30. The first kappa shape index (κ1) is 10.5. The monoisotopic (exact) mass is 184 g/mol. The molecule has 0 bridgehead atoms. The van der Waals surface area contributed by atoms with Crippen LogP contribution in [0.3, 0.4) is 0 Å². The number of hydrogen-bond donors (Lipinski definition) is 1. The minimum Gasteiger partial charge on any atom is -0.339 e. The first-order chi connectivity index (χ1) is 5.91. The Bertz CT molecular complexity index is 196. The van der Waals surface area contributed by atoms with Crippen LogP contribution in [0.1, 0.15) is 27.7 Å². The lowest BCUT2D eigenvalue weighted by Crippen LogP contribution is -2.53. The first-order valence-electron chi connectivity index (χ1n) is 4.94. The van der Waals surface area contributed by atoms with Gasteiger partial charge in [-0.25, -0.2) is 0 Å². The summed E-state index contributed by atoms with van der Waals surface area (Å²) in [6, 6.07) is 0.431. The van der Waals surface area contributed by atoms with Gasteiger partial charge in [0.25, 0.3) is 0 Å². The van der Waals surface area contributed by atoms with E-state index in [1.165, 1.54) is 0 Å². The maximum Gasteiger partial charge on any atom is 0.228 e. The van der Waals surface area contributed by atoms with Crippen LogP contribution < -0.4 is 5.32 Å². The highest BCUT2D eigenvalue weighted by Crippen LogP contribution is 2.18. The Kier molecular flexibility index (Phi) is 2.96. The fourth-order valence-electron chi connectivity index (χ4n) is 1.59. The Morgan fingerprint density at radius 1 is 1.46 bits per heavy atom. The lowest BCUT2D eigenvalue weighted by atomic mass is 9.94. The van der Waals surface area contributed by atoms with Crippen LogP contribution in [0.25, 0.3) is 0 Å². The fourth-order valence-corrected chi connectivity index (χ4v) is 1.59. The van der Waals surface area contributed by atoms with E-state index in [1.54, 1.807) is 0 Å². The Labute approximate surface area is 80.5 Å². The summed E-state index contributed by atoms with van der Waals surface area (Å²) in [5, 5.41) is 3.32. The summed E-state index contributed by atoms with van der Waals surface area (Å²) in [6.45, 7) is 10.6. The third-order valence-electron chi connectivity index (χ3n) is 2.30. The van der Waals surface area contributed by atoms with Gasteiger partial charge >= 0.3 is 0 Å². The smallest absolute Gasteiger partial charge is 0.228 e.